The number of benzene rings is 1. The fourth-order valence-corrected chi connectivity index (χ4v) is 4.18. The molecule has 144 valence electrons. The molecule has 0 aromatic heterocycles. The molecule has 0 spiro atoms. The number of nitriles is 1. The summed E-state index contributed by atoms with van der Waals surface area (Å²) in [7, 11) is 0. The Balaban J connectivity index is 2.07. The average molecular weight is 410 g/mol. The molecule has 2 atom stereocenters. The van der Waals surface area contributed by atoms with Gasteiger partial charge in [-0.15, -0.1) is 0 Å². The van der Waals surface area contributed by atoms with Gasteiger partial charge < -0.3 is 0 Å². The number of fused-ring (bicyclic) bond motifs is 1. The number of hydrazone groups is 1. The minimum Gasteiger partial charge on any atom is -0.271 e. The van der Waals surface area contributed by atoms with Gasteiger partial charge in [0.25, 0.3) is 5.91 Å². The molecule has 0 radical (unpaired) electrons. The van der Waals surface area contributed by atoms with Crippen LogP contribution < -0.4 is 4.31 Å². The van der Waals surface area contributed by atoms with Crippen LogP contribution in [0.4, 0.5) is 32.0 Å². The van der Waals surface area contributed by atoms with Crippen LogP contribution in [0.3, 0.4) is 0 Å². The van der Waals surface area contributed by atoms with E-state index in [1.54, 1.807) is 0 Å². The molecular formula is C14H8F6N4O2S. The number of halogens is 6. The minimum atomic E-state index is -4.92. The Hall–Kier alpha value is -2.62. The molecule has 0 saturated carbocycles. The first-order chi connectivity index (χ1) is 12.3. The van der Waals surface area contributed by atoms with Crippen molar-refractivity contribution >= 4 is 28.5 Å². The Morgan fingerprint density at radius 1 is 1.22 bits per heavy atom. The van der Waals surface area contributed by atoms with Crippen molar-refractivity contribution in [1.82, 2.24) is 4.41 Å². The van der Waals surface area contributed by atoms with Crippen LogP contribution in [0.5, 0.6) is 0 Å². The van der Waals surface area contributed by atoms with Gasteiger partial charge >= 0.3 is 12.4 Å². The van der Waals surface area contributed by atoms with Gasteiger partial charge in [-0.1, -0.05) is 0 Å². The van der Waals surface area contributed by atoms with Gasteiger partial charge in [-0.05, 0) is 25.1 Å². The van der Waals surface area contributed by atoms with E-state index in [0.29, 0.717) is 14.8 Å². The highest BCUT2D eigenvalue weighted by Crippen LogP contribution is 2.44. The summed E-state index contributed by atoms with van der Waals surface area (Å²) in [5, 5.41) is 12.0. The van der Waals surface area contributed by atoms with Gasteiger partial charge in [-0.2, -0.15) is 41.1 Å². The van der Waals surface area contributed by atoms with Crippen LogP contribution in [-0.2, 0) is 22.1 Å². The van der Waals surface area contributed by atoms with Gasteiger partial charge in [0.15, 0.2) is 5.54 Å². The molecule has 27 heavy (non-hydrogen) atoms. The number of hydrogen-bond donors (Lipinski definition) is 0. The second-order valence-electron chi connectivity index (χ2n) is 5.94. The van der Waals surface area contributed by atoms with Crippen LogP contribution in [0.2, 0.25) is 0 Å². The van der Waals surface area contributed by atoms with E-state index in [2.05, 4.69) is 5.10 Å². The minimum absolute atomic E-state index is 0.434. The fourth-order valence-electron chi connectivity index (χ4n) is 2.74. The van der Waals surface area contributed by atoms with E-state index in [1.807, 2.05) is 0 Å². The Labute approximate surface area is 150 Å². The monoisotopic (exact) mass is 410 g/mol. The number of nitrogens with zero attached hydrogens (tertiary/aromatic N) is 4. The SMILES string of the molecule is CC12CC(C(F)(F)F)=NN1[S@@](=O)N(c1ccc(C#N)c(C(F)(F)F)c1)C2=O. The number of rotatable bonds is 1. The Morgan fingerprint density at radius 3 is 2.33 bits per heavy atom. The predicted octanol–water partition coefficient (Wildman–Crippen LogP) is 2.89. The van der Waals surface area contributed by atoms with Gasteiger partial charge in [0, 0.05) is 6.42 Å². The van der Waals surface area contributed by atoms with Gasteiger partial charge in [-0.25, -0.2) is 8.51 Å². The molecule has 1 unspecified atom stereocenters. The van der Waals surface area contributed by atoms with Crippen LogP contribution in [0.25, 0.3) is 0 Å². The van der Waals surface area contributed by atoms with Crippen molar-refractivity contribution in [1.29, 1.82) is 5.26 Å². The molecule has 0 aliphatic carbocycles. The molecule has 3 rings (SSSR count). The predicted molar refractivity (Wildman–Crippen MR) is 80.1 cm³/mol. The highest BCUT2D eigenvalue weighted by molar-refractivity contribution is 7.85. The van der Waals surface area contributed by atoms with E-state index in [-0.39, 0.29) is 0 Å². The molecule has 1 aromatic rings. The lowest BCUT2D eigenvalue weighted by Crippen LogP contribution is -2.43. The van der Waals surface area contributed by atoms with Gasteiger partial charge in [0.1, 0.15) is 5.71 Å². The molecule has 0 bridgehead atoms. The number of carbonyl (C=O) groups excluding carboxylic acids is 1. The van der Waals surface area contributed by atoms with Crippen molar-refractivity contribution in [3.8, 4) is 6.07 Å². The van der Waals surface area contributed by atoms with Gasteiger partial charge in [0.05, 0.1) is 22.9 Å². The number of anilines is 1. The summed E-state index contributed by atoms with van der Waals surface area (Å²) in [6.07, 6.45) is -10.6. The standard InChI is InChI=1S/C14H8F6N4O2S/c1-12-5-10(14(18,19)20)22-24(12)27(26)23(11(12)25)8-3-2-7(6-21)9(4-8)13(15,16)17/h2-4H,5H2,1H3/t12?,27-/m0/s1. The second kappa shape index (κ2) is 5.69. The molecule has 0 N–H and O–H groups in total. The number of alkyl halides is 6. The zero-order valence-corrected chi connectivity index (χ0v) is 14.0. The number of carbonyl (C=O) groups is 1. The van der Waals surface area contributed by atoms with E-state index in [9.17, 15) is 35.3 Å². The van der Waals surface area contributed by atoms with Crippen LogP contribution in [0.15, 0.2) is 23.3 Å². The molecule has 1 fully saturated rings. The highest BCUT2D eigenvalue weighted by atomic mass is 32.2. The summed E-state index contributed by atoms with van der Waals surface area (Å²) in [6, 6.07) is 3.56. The van der Waals surface area contributed by atoms with Crippen molar-refractivity contribution in [2.45, 2.75) is 31.2 Å². The quantitative estimate of drug-likeness (QED) is 0.668. The number of hydrogen-bond acceptors (Lipinski definition) is 4. The van der Waals surface area contributed by atoms with Crippen molar-refractivity contribution < 1.29 is 35.3 Å². The molecule has 2 aliphatic heterocycles. The molecule has 13 heteroatoms. The lowest BCUT2D eigenvalue weighted by molar-refractivity contribution is -0.137. The van der Waals surface area contributed by atoms with Crippen molar-refractivity contribution in [2.75, 3.05) is 4.31 Å². The Kier molecular flexibility index (Phi) is 4.03. The molecular weight excluding hydrogens is 402 g/mol. The number of amides is 1. The zero-order valence-electron chi connectivity index (χ0n) is 13.2. The fraction of sp³-hybridized carbons (Fsp3) is 0.357. The van der Waals surface area contributed by atoms with Crippen LogP contribution >= 0.6 is 0 Å². The summed E-state index contributed by atoms with van der Waals surface area (Å²) in [6.45, 7) is 1.07. The summed E-state index contributed by atoms with van der Waals surface area (Å²) in [4.78, 5) is 12.6. The molecule has 2 aliphatic rings. The van der Waals surface area contributed by atoms with Crippen LogP contribution in [0, 0.1) is 11.3 Å². The van der Waals surface area contributed by atoms with Gasteiger partial charge in [0.2, 0.25) is 11.2 Å². The first-order valence-corrected chi connectivity index (χ1v) is 8.20. The summed E-state index contributed by atoms with van der Waals surface area (Å²) >= 11 is -2.61. The maximum absolute atomic E-state index is 13.1. The van der Waals surface area contributed by atoms with E-state index in [0.717, 1.165) is 19.1 Å². The lowest BCUT2D eigenvalue weighted by atomic mass is 9.95. The Morgan fingerprint density at radius 2 is 1.85 bits per heavy atom. The lowest BCUT2D eigenvalue weighted by Gasteiger charge is -2.19. The zero-order chi connectivity index (χ0) is 20.4. The maximum Gasteiger partial charge on any atom is 0.431 e. The van der Waals surface area contributed by atoms with E-state index >= 15 is 0 Å². The topological polar surface area (TPSA) is 76.8 Å². The van der Waals surface area contributed by atoms with E-state index in [4.69, 9.17) is 5.26 Å². The molecule has 1 saturated heterocycles. The first kappa shape index (κ1) is 19.2. The average Bonchev–Trinajstić information content (AvgIpc) is 3.00. The first-order valence-electron chi connectivity index (χ1n) is 7.13. The maximum atomic E-state index is 13.1. The van der Waals surface area contributed by atoms with Gasteiger partial charge in [-0.3, -0.25) is 4.79 Å². The summed E-state index contributed by atoms with van der Waals surface area (Å²) in [5.41, 5.74) is -5.79. The third-order valence-corrected chi connectivity index (χ3v) is 5.55. The smallest absolute Gasteiger partial charge is 0.271 e. The van der Waals surface area contributed by atoms with E-state index in [1.165, 1.54) is 6.07 Å². The third-order valence-electron chi connectivity index (χ3n) is 4.09. The molecule has 2 heterocycles. The normalized spacial score (nSPS) is 25.5. The summed E-state index contributed by atoms with van der Waals surface area (Å²) < 4.78 is 91.2. The van der Waals surface area contributed by atoms with Crippen molar-refractivity contribution in [3.05, 3.63) is 29.3 Å². The van der Waals surface area contributed by atoms with Crippen LogP contribution in [0.1, 0.15) is 24.5 Å². The van der Waals surface area contributed by atoms with Crippen molar-refractivity contribution in [3.63, 3.8) is 0 Å². The second-order valence-corrected chi connectivity index (χ2v) is 7.11. The summed E-state index contributed by atoms with van der Waals surface area (Å²) in [5.74, 6) is -1.10. The van der Waals surface area contributed by atoms with E-state index < -0.39 is 63.9 Å². The molecule has 1 amide bonds. The largest absolute Gasteiger partial charge is 0.431 e. The molecule has 6 nitrogen and oxygen atoms in total. The molecule has 1 aromatic carbocycles. The van der Waals surface area contributed by atoms with Crippen LogP contribution in [-0.4, -0.2) is 32.0 Å². The third kappa shape index (κ3) is 2.84. The highest BCUT2D eigenvalue weighted by Gasteiger charge is 2.62. The van der Waals surface area contributed by atoms with Crippen molar-refractivity contribution in [2.24, 2.45) is 5.10 Å². The Bertz CT molecular complexity index is 935.